The molecule has 4 aromatic rings. The number of carbonyl (C=O) groups is 2. The molecule has 5 rings (SSSR count). The van der Waals surface area contributed by atoms with Gasteiger partial charge in [0, 0.05) is 41.0 Å². The van der Waals surface area contributed by atoms with Gasteiger partial charge in [0.2, 0.25) is 5.91 Å². The first-order valence-corrected chi connectivity index (χ1v) is 14.5. The van der Waals surface area contributed by atoms with Gasteiger partial charge in [-0.2, -0.15) is 0 Å². The van der Waals surface area contributed by atoms with Crippen LogP contribution in [0.15, 0.2) is 71.2 Å². The Labute approximate surface area is 240 Å². The number of likely N-dealkylation sites (tertiary alicyclic amines) is 1. The second-order valence-corrected chi connectivity index (χ2v) is 11.9. The highest BCUT2D eigenvalue weighted by atomic mass is 79.9. The Morgan fingerprint density at radius 1 is 1.00 bits per heavy atom. The number of thiazole rings is 1. The Bertz CT molecular complexity index is 1410. The van der Waals surface area contributed by atoms with E-state index in [-0.39, 0.29) is 17.7 Å². The first-order valence-electron chi connectivity index (χ1n) is 12.5. The van der Waals surface area contributed by atoms with Crippen molar-refractivity contribution in [3.63, 3.8) is 0 Å². The fraction of sp³-hybridized carbons (Fsp3) is 0.233. The smallest absolute Gasteiger partial charge is 0.256 e. The summed E-state index contributed by atoms with van der Waals surface area (Å²) in [6, 6.07) is 21.7. The van der Waals surface area contributed by atoms with Crippen molar-refractivity contribution in [2.75, 3.05) is 18.4 Å². The molecule has 2 heterocycles. The van der Waals surface area contributed by atoms with Crippen LogP contribution in [0.5, 0.6) is 0 Å². The quantitative estimate of drug-likeness (QED) is 0.249. The molecule has 194 valence electrons. The van der Waals surface area contributed by atoms with Crippen LogP contribution in [0.4, 0.5) is 5.69 Å². The van der Waals surface area contributed by atoms with E-state index in [0.29, 0.717) is 29.4 Å². The van der Waals surface area contributed by atoms with E-state index < -0.39 is 0 Å². The minimum absolute atomic E-state index is 0.0742. The molecule has 2 amide bonds. The van der Waals surface area contributed by atoms with E-state index in [4.69, 9.17) is 16.6 Å². The van der Waals surface area contributed by atoms with Crippen LogP contribution < -0.4 is 5.32 Å². The van der Waals surface area contributed by atoms with Crippen LogP contribution in [-0.4, -0.2) is 34.8 Å². The minimum atomic E-state index is -0.204. The highest BCUT2D eigenvalue weighted by Gasteiger charge is 2.29. The number of aromatic nitrogens is 1. The molecule has 8 heteroatoms. The monoisotopic (exact) mass is 607 g/mol. The maximum atomic E-state index is 13.4. The van der Waals surface area contributed by atoms with Gasteiger partial charge >= 0.3 is 0 Å². The predicted molar refractivity (Wildman–Crippen MR) is 159 cm³/mol. The summed E-state index contributed by atoms with van der Waals surface area (Å²) in [6.07, 6.45) is 1.66. The number of carbonyl (C=O) groups excluding carboxylic acids is 2. The summed E-state index contributed by atoms with van der Waals surface area (Å²) in [5.41, 5.74) is 5.41. The molecule has 0 saturated carbocycles. The lowest BCUT2D eigenvalue weighted by Crippen LogP contribution is -2.38. The van der Waals surface area contributed by atoms with E-state index in [9.17, 15) is 9.59 Å². The standard InChI is InChI=1S/C30H27BrClN3O2S/c1-18-3-5-21(6-4-18)28-27(20-7-10-24(32)11-8-20)34-29(38-28)22-13-15-35(16-14-22)30(37)25-17-23(31)9-12-26(25)33-19(2)36/h3-12,17,22H,13-16H2,1-2H3,(H,33,36). The number of hydrogen-bond donors (Lipinski definition) is 1. The fourth-order valence-electron chi connectivity index (χ4n) is 4.71. The van der Waals surface area contributed by atoms with E-state index in [2.05, 4.69) is 52.4 Å². The van der Waals surface area contributed by atoms with Crippen molar-refractivity contribution < 1.29 is 9.59 Å². The fourth-order valence-corrected chi connectivity index (χ4v) is 6.46. The van der Waals surface area contributed by atoms with Crippen molar-refractivity contribution in [2.24, 2.45) is 0 Å². The number of halogens is 2. The van der Waals surface area contributed by atoms with Gasteiger partial charge in [0.15, 0.2) is 0 Å². The lowest BCUT2D eigenvalue weighted by Gasteiger charge is -2.31. The van der Waals surface area contributed by atoms with Gasteiger partial charge in [-0.3, -0.25) is 9.59 Å². The molecule has 5 nitrogen and oxygen atoms in total. The molecular formula is C30H27BrClN3O2S. The van der Waals surface area contributed by atoms with Crippen LogP contribution in [-0.2, 0) is 4.79 Å². The third kappa shape index (κ3) is 5.85. The molecule has 0 atom stereocenters. The Hall–Kier alpha value is -3.00. The summed E-state index contributed by atoms with van der Waals surface area (Å²) >= 11 is 11.3. The number of nitrogens with one attached hydrogen (secondary N) is 1. The van der Waals surface area contributed by atoms with Crippen molar-refractivity contribution in [1.82, 2.24) is 9.88 Å². The average molecular weight is 609 g/mol. The topological polar surface area (TPSA) is 62.3 Å². The number of anilines is 1. The molecule has 0 spiro atoms. The summed E-state index contributed by atoms with van der Waals surface area (Å²) in [5.74, 6) is -0.00816. The molecule has 1 aromatic heterocycles. The highest BCUT2D eigenvalue weighted by Crippen LogP contribution is 2.42. The molecule has 3 aromatic carbocycles. The number of amides is 2. The summed E-state index contributed by atoms with van der Waals surface area (Å²) in [7, 11) is 0. The van der Waals surface area contributed by atoms with E-state index in [0.717, 1.165) is 44.0 Å². The number of benzene rings is 3. The maximum Gasteiger partial charge on any atom is 0.256 e. The van der Waals surface area contributed by atoms with E-state index in [1.54, 1.807) is 23.5 Å². The van der Waals surface area contributed by atoms with Gasteiger partial charge in [-0.15, -0.1) is 11.3 Å². The molecule has 1 fully saturated rings. The van der Waals surface area contributed by atoms with Crippen LogP contribution in [0.25, 0.3) is 21.7 Å². The van der Waals surface area contributed by atoms with Crippen LogP contribution in [0.2, 0.25) is 5.02 Å². The molecule has 1 aliphatic rings. The van der Waals surface area contributed by atoms with Crippen molar-refractivity contribution in [1.29, 1.82) is 0 Å². The van der Waals surface area contributed by atoms with E-state index in [1.165, 1.54) is 12.5 Å². The van der Waals surface area contributed by atoms with E-state index in [1.807, 2.05) is 35.2 Å². The van der Waals surface area contributed by atoms with Crippen molar-refractivity contribution >= 4 is 56.4 Å². The Morgan fingerprint density at radius 2 is 1.66 bits per heavy atom. The van der Waals surface area contributed by atoms with Gasteiger partial charge in [0.1, 0.15) is 0 Å². The summed E-state index contributed by atoms with van der Waals surface area (Å²) < 4.78 is 0.797. The molecule has 0 radical (unpaired) electrons. The number of rotatable bonds is 5. The zero-order chi connectivity index (χ0) is 26.8. The van der Waals surface area contributed by atoms with Gasteiger partial charge < -0.3 is 10.2 Å². The maximum absolute atomic E-state index is 13.4. The molecule has 38 heavy (non-hydrogen) atoms. The van der Waals surface area contributed by atoms with Crippen molar-refractivity contribution in [3.8, 4) is 21.7 Å². The molecule has 0 unspecified atom stereocenters. The van der Waals surface area contributed by atoms with Crippen molar-refractivity contribution in [2.45, 2.75) is 32.6 Å². The van der Waals surface area contributed by atoms with Crippen LogP contribution in [0.1, 0.15) is 46.6 Å². The molecule has 0 aliphatic carbocycles. The molecule has 1 N–H and O–H groups in total. The predicted octanol–water partition coefficient (Wildman–Crippen LogP) is 8.18. The third-order valence-electron chi connectivity index (χ3n) is 6.73. The Morgan fingerprint density at radius 3 is 2.32 bits per heavy atom. The molecule has 0 bridgehead atoms. The molecule has 1 aliphatic heterocycles. The number of aryl methyl sites for hydroxylation is 1. The average Bonchev–Trinajstić information content (AvgIpc) is 3.35. The third-order valence-corrected chi connectivity index (χ3v) is 8.74. The van der Waals surface area contributed by atoms with Gasteiger partial charge in [-0.1, -0.05) is 69.5 Å². The number of nitrogens with zero attached hydrogens (tertiary/aromatic N) is 2. The second kappa shape index (κ2) is 11.4. The zero-order valence-electron chi connectivity index (χ0n) is 21.1. The minimum Gasteiger partial charge on any atom is -0.339 e. The van der Waals surface area contributed by atoms with Crippen molar-refractivity contribution in [3.05, 3.63) is 92.4 Å². The Balaban J connectivity index is 1.38. The summed E-state index contributed by atoms with van der Waals surface area (Å²) in [6.45, 7) is 4.79. The number of hydrogen-bond acceptors (Lipinski definition) is 4. The molecular weight excluding hydrogens is 582 g/mol. The first kappa shape index (κ1) is 26.6. The SMILES string of the molecule is CC(=O)Nc1ccc(Br)cc1C(=O)N1CCC(c2nc(-c3ccc(Cl)cc3)c(-c3ccc(C)cc3)s2)CC1. The van der Waals surface area contributed by atoms with Gasteiger partial charge in [-0.05, 0) is 55.7 Å². The van der Waals surface area contributed by atoms with Gasteiger partial charge in [0.25, 0.3) is 5.91 Å². The Kier molecular flexibility index (Phi) is 7.98. The lowest BCUT2D eigenvalue weighted by molar-refractivity contribution is -0.114. The zero-order valence-corrected chi connectivity index (χ0v) is 24.3. The van der Waals surface area contributed by atoms with Crippen LogP contribution >= 0.6 is 38.9 Å². The van der Waals surface area contributed by atoms with Crippen LogP contribution in [0.3, 0.4) is 0 Å². The summed E-state index contributed by atoms with van der Waals surface area (Å²) in [5, 5.41) is 4.57. The van der Waals surface area contributed by atoms with Gasteiger partial charge in [-0.25, -0.2) is 4.98 Å². The summed E-state index contributed by atoms with van der Waals surface area (Å²) in [4.78, 5) is 33.2. The van der Waals surface area contributed by atoms with Gasteiger partial charge in [0.05, 0.1) is 26.8 Å². The highest BCUT2D eigenvalue weighted by molar-refractivity contribution is 9.10. The normalized spacial score (nSPS) is 13.9. The van der Waals surface area contributed by atoms with E-state index >= 15 is 0 Å². The largest absolute Gasteiger partial charge is 0.339 e. The molecule has 1 saturated heterocycles. The number of piperidine rings is 1. The first-order chi connectivity index (χ1) is 18.3. The lowest BCUT2D eigenvalue weighted by atomic mass is 9.96. The van der Waals surface area contributed by atoms with Crippen LogP contribution in [0, 0.1) is 6.92 Å². The second-order valence-electron chi connectivity index (χ2n) is 9.54.